The standard InChI is InChI=1S/C24H22.2ClH.Zr/c1-15-17-7-3-5-9-21(17)23-13-14-24-20(12-11-19(15)23)16(2)18-8-4-6-10-22(18)24;;;/h3-10H,11-14H2,1-2H3;2*1H;/q-2;;;+4/p-2. The summed E-state index contributed by atoms with van der Waals surface area (Å²) in [6.07, 6.45) is 4.70. The van der Waals surface area contributed by atoms with E-state index in [0.29, 0.717) is 0 Å². The largest absolute Gasteiger partial charge is 4.00 e. The van der Waals surface area contributed by atoms with Crippen molar-refractivity contribution < 1.29 is 51.0 Å². The van der Waals surface area contributed by atoms with Gasteiger partial charge in [-0.05, 0) is 12.8 Å². The molecule has 0 atom stereocenters. The van der Waals surface area contributed by atoms with Gasteiger partial charge in [-0.1, -0.05) is 38.8 Å². The van der Waals surface area contributed by atoms with Crippen LogP contribution >= 0.6 is 0 Å². The SMILES string of the molecule is Cc1c2[c-](c3ccccc13)CC[c-]1c(c(C)c3ccccc31)CC2.[Cl-].[Cl-].[Zr+4]. The van der Waals surface area contributed by atoms with E-state index in [-0.39, 0.29) is 51.0 Å². The van der Waals surface area contributed by atoms with Gasteiger partial charge in [0, 0.05) is 0 Å². The molecule has 0 bridgehead atoms. The van der Waals surface area contributed by atoms with Crippen molar-refractivity contribution in [1.82, 2.24) is 0 Å². The fourth-order valence-electron chi connectivity index (χ4n) is 5.00. The van der Waals surface area contributed by atoms with Crippen molar-refractivity contribution >= 4 is 21.5 Å². The van der Waals surface area contributed by atoms with Gasteiger partial charge in [-0.3, -0.25) is 0 Å². The van der Waals surface area contributed by atoms with Crippen LogP contribution in [0.15, 0.2) is 48.5 Å². The van der Waals surface area contributed by atoms with Crippen LogP contribution < -0.4 is 24.8 Å². The zero-order valence-corrected chi connectivity index (χ0v) is 19.7. The van der Waals surface area contributed by atoms with Crippen molar-refractivity contribution in [2.75, 3.05) is 0 Å². The minimum atomic E-state index is 0. The van der Waals surface area contributed by atoms with E-state index in [0.717, 1.165) is 0 Å². The van der Waals surface area contributed by atoms with E-state index in [4.69, 9.17) is 0 Å². The summed E-state index contributed by atoms with van der Waals surface area (Å²) in [5.41, 5.74) is 9.47. The summed E-state index contributed by atoms with van der Waals surface area (Å²) in [5, 5.41) is 5.90. The number of benzene rings is 2. The van der Waals surface area contributed by atoms with Gasteiger partial charge in [0.25, 0.3) is 0 Å². The van der Waals surface area contributed by atoms with Crippen LogP contribution in [0.4, 0.5) is 0 Å². The maximum absolute atomic E-state index is 2.32. The van der Waals surface area contributed by atoms with Crippen LogP contribution in [0.3, 0.4) is 0 Å². The van der Waals surface area contributed by atoms with Crippen molar-refractivity contribution in [3.63, 3.8) is 0 Å². The van der Waals surface area contributed by atoms with E-state index >= 15 is 0 Å². The second kappa shape index (κ2) is 8.65. The predicted molar refractivity (Wildman–Crippen MR) is 103 cm³/mol. The van der Waals surface area contributed by atoms with Crippen molar-refractivity contribution in [1.29, 1.82) is 0 Å². The summed E-state index contributed by atoms with van der Waals surface area (Å²) >= 11 is 0. The fourth-order valence-corrected chi connectivity index (χ4v) is 5.00. The molecule has 5 rings (SSSR count). The average Bonchev–Trinajstić information content (AvgIpc) is 3.01. The molecule has 27 heavy (non-hydrogen) atoms. The number of halogens is 2. The molecule has 0 N–H and O–H groups in total. The van der Waals surface area contributed by atoms with Gasteiger partial charge in [-0.25, -0.2) is 0 Å². The molecular weight excluding hydrogens is 450 g/mol. The summed E-state index contributed by atoms with van der Waals surface area (Å²) in [4.78, 5) is 0. The van der Waals surface area contributed by atoms with Gasteiger partial charge in [-0.15, -0.1) is 80.2 Å². The van der Waals surface area contributed by atoms with Crippen LogP contribution in [0.1, 0.15) is 33.4 Å². The van der Waals surface area contributed by atoms with E-state index in [9.17, 15) is 0 Å². The van der Waals surface area contributed by atoms with Crippen LogP contribution in [0.25, 0.3) is 21.5 Å². The van der Waals surface area contributed by atoms with E-state index < -0.39 is 0 Å². The topological polar surface area (TPSA) is 0 Å². The monoisotopic (exact) mass is 470 g/mol. The molecule has 0 heterocycles. The first-order chi connectivity index (χ1) is 11.8. The normalized spacial score (nSPS) is 12.8. The molecule has 3 heteroatoms. The Kier molecular flexibility index (Phi) is 7.18. The number of hydrogen-bond acceptors (Lipinski definition) is 0. The molecule has 0 nitrogen and oxygen atoms in total. The molecular formula is C24H22Cl2Zr. The molecule has 4 aromatic carbocycles. The van der Waals surface area contributed by atoms with Crippen molar-refractivity contribution in [3.8, 4) is 0 Å². The van der Waals surface area contributed by atoms with Gasteiger partial charge in [0.1, 0.15) is 0 Å². The van der Waals surface area contributed by atoms with E-state index in [2.05, 4.69) is 62.4 Å². The maximum Gasteiger partial charge on any atom is 4.00 e. The molecule has 0 spiro atoms. The Morgan fingerprint density at radius 2 is 1.00 bits per heavy atom. The van der Waals surface area contributed by atoms with E-state index in [1.165, 1.54) is 58.4 Å². The van der Waals surface area contributed by atoms with Gasteiger partial charge in [0.05, 0.1) is 0 Å². The Morgan fingerprint density at radius 3 is 1.41 bits per heavy atom. The van der Waals surface area contributed by atoms with E-state index in [1.54, 1.807) is 22.3 Å². The molecule has 136 valence electrons. The fraction of sp³-hybridized carbons (Fsp3) is 0.250. The Morgan fingerprint density at radius 1 is 0.630 bits per heavy atom. The smallest absolute Gasteiger partial charge is 1.00 e. The minimum absolute atomic E-state index is 0. The summed E-state index contributed by atoms with van der Waals surface area (Å²) in [5.74, 6) is 0. The Balaban J connectivity index is 0.000000871. The van der Waals surface area contributed by atoms with Gasteiger partial charge < -0.3 is 24.8 Å². The number of hydrogen-bond donors (Lipinski definition) is 0. The van der Waals surface area contributed by atoms with Crippen molar-refractivity contribution in [3.05, 3.63) is 81.9 Å². The minimum Gasteiger partial charge on any atom is -1.00 e. The van der Waals surface area contributed by atoms with Crippen molar-refractivity contribution in [2.45, 2.75) is 39.5 Å². The Labute approximate surface area is 193 Å². The summed E-state index contributed by atoms with van der Waals surface area (Å²) in [7, 11) is 0. The Bertz CT molecular complexity index is 997. The number of fused-ring (bicyclic) bond motifs is 6. The first-order valence-electron chi connectivity index (χ1n) is 9.07. The molecule has 4 aromatic rings. The van der Waals surface area contributed by atoms with Gasteiger partial charge in [0.15, 0.2) is 0 Å². The quantitative estimate of drug-likeness (QED) is 0.315. The summed E-state index contributed by atoms with van der Waals surface area (Å²) in [6.45, 7) is 4.63. The van der Waals surface area contributed by atoms with Crippen LogP contribution in [0.2, 0.25) is 0 Å². The van der Waals surface area contributed by atoms with Crippen LogP contribution in [0.5, 0.6) is 0 Å². The molecule has 0 radical (unpaired) electrons. The number of rotatable bonds is 0. The first kappa shape index (κ1) is 22.4. The van der Waals surface area contributed by atoms with Crippen LogP contribution in [0, 0.1) is 13.8 Å². The number of aryl methyl sites for hydroxylation is 4. The zero-order valence-electron chi connectivity index (χ0n) is 15.7. The van der Waals surface area contributed by atoms with Gasteiger partial charge in [0.2, 0.25) is 0 Å². The van der Waals surface area contributed by atoms with Gasteiger partial charge in [-0.2, -0.15) is 11.1 Å². The average molecular weight is 473 g/mol. The maximum atomic E-state index is 2.32. The molecule has 0 saturated heterocycles. The third kappa shape index (κ3) is 3.37. The third-order valence-corrected chi connectivity index (χ3v) is 6.20. The molecule has 0 amide bonds. The first-order valence-corrected chi connectivity index (χ1v) is 9.07. The molecule has 0 fully saturated rings. The van der Waals surface area contributed by atoms with Gasteiger partial charge >= 0.3 is 26.2 Å². The molecule has 0 saturated carbocycles. The molecule has 1 aliphatic carbocycles. The third-order valence-electron chi connectivity index (χ3n) is 6.20. The molecule has 0 aliphatic heterocycles. The molecule has 0 unspecified atom stereocenters. The predicted octanol–water partition coefficient (Wildman–Crippen LogP) is -0.0631. The zero-order chi connectivity index (χ0) is 16.3. The summed E-state index contributed by atoms with van der Waals surface area (Å²) in [6, 6.07) is 18.0. The van der Waals surface area contributed by atoms with E-state index in [1.807, 2.05) is 0 Å². The Hall–Kier alpha value is -0.877. The molecule has 0 aromatic heterocycles. The van der Waals surface area contributed by atoms with Crippen molar-refractivity contribution in [2.24, 2.45) is 0 Å². The second-order valence-electron chi connectivity index (χ2n) is 7.26. The van der Waals surface area contributed by atoms with Crippen LogP contribution in [-0.2, 0) is 51.9 Å². The second-order valence-corrected chi connectivity index (χ2v) is 7.26. The van der Waals surface area contributed by atoms with Crippen LogP contribution in [-0.4, -0.2) is 0 Å². The molecule has 1 aliphatic rings. The summed E-state index contributed by atoms with van der Waals surface area (Å²) < 4.78 is 0.